The Balaban J connectivity index is 1.98. The van der Waals surface area contributed by atoms with Crippen LogP contribution in [-0.2, 0) is 0 Å². The topological polar surface area (TPSA) is 12.4 Å². The average molecular weight is 302 g/mol. The van der Waals surface area contributed by atoms with E-state index in [1.54, 1.807) is 0 Å². The molecule has 0 saturated carbocycles. The Morgan fingerprint density at radius 3 is 2.44 bits per heavy atom. The summed E-state index contributed by atoms with van der Waals surface area (Å²) in [5.74, 6) is 0.449. The van der Waals surface area contributed by atoms with E-state index in [0.29, 0.717) is 5.92 Å². The number of hydrogen-bond donors (Lipinski definition) is 0. The summed E-state index contributed by atoms with van der Waals surface area (Å²) in [5.41, 5.74) is 2.46. The van der Waals surface area contributed by atoms with Crippen molar-refractivity contribution in [3.05, 3.63) is 70.2 Å². The van der Waals surface area contributed by atoms with Gasteiger partial charge in [0.1, 0.15) is 0 Å². The van der Waals surface area contributed by atoms with Crippen LogP contribution in [0.5, 0.6) is 0 Å². The van der Waals surface area contributed by atoms with Gasteiger partial charge >= 0.3 is 0 Å². The Hall–Kier alpha value is -1.41. The zero-order valence-corrected chi connectivity index (χ0v) is 12.0. The molecule has 2 aromatic carbocycles. The van der Waals surface area contributed by atoms with E-state index in [1.165, 1.54) is 5.56 Å². The van der Waals surface area contributed by atoms with Crippen LogP contribution in [0.3, 0.4) is 0 Å². The highest BCUT2D eigenvalue weighted by Crippen LogP contribution is 2.16. The first-order valence-electron chi connectivity index (χ1n) is 6.06. The lowest BCUT2D eigenvalue weighted by atomic mass is 10.0. The maximum absolute atomic E-state index is 4.52. The van der Waals surface area contributed by atoms with Gasteiger partial charge < -0.3 is 0 Å². The van der Waals surface area contributed by atoms with Gasteiger partial charge in [0.05, 0.1) is 0 Å². The lowest BCUT2D eigenvalue weighted by Gasteiger charge is -2.08. The Kier molecular flexibility index (Phi) is 4.71. The first-order valence-corrected chi connectivity index (χ1v) is 6.86. The number of nitrogens with zero attached hydrogens (tertiary/aromatic N) is 1. The molecule has 0 aromatic heterocycles. The minimum atomic E-state index is 0.449. The van der Waals surface area contributed by atoms with Crippen molar-refractivity contribution in [1.29, 1.82) is 0 Å². The third-order valence-electron chi connectivity index (χ3n) is 2.88. The Morgan fingerprint density at radius 2 is 1.72 bits per heavy atom. The van der Waals surface area contributed by atoms with Gasteiger partial charge in [-0.1, -0.05) is 71.4 Å². The van der Waals surface area contributed by atoms with E-state index < -0.39 is 0 Å². The summed E-state index contributed by atoms with van der Waals surface area (Å²) in [7, 11) is 0. The molecule has 0 amide bonds. The van der Waals surface area contributed by atoms with Gasteiger partial charge in [0, 0.05) is 28.7 Å². The van der Waals surface area contributed by atoms with E-state index in [1.807, 2.05) is 30.5 Å². The van der Waals surface area contributed by atoms with Crippen molar-refractivity contribution in [2.45, 2.75) is 12.8 Å². The third-order valence-corrected chi connectivity index (χ3v) is 3.61. The van der Waals surface area contributed by atoms with Crippen molar-refractivity contribution in [2.24, 2.45) is 4.99 Å². The van der Waals surface area contributed by atoms with Crippen LogP contribution in [0.1, 0.15) is 24.0 Å². The highest BCUT2D eigenvalue weighted by atomic mass is 79.9. The van der Waals surface area contributed by atoms with Crippen LogP contribution in [0, 0.1) is 0 Å². The van der Waals surface area contributed by atoms with Gasteiger partial charge in [-0.3, -0.25) is 4.99 Å². The number of benzene rings is 2. The summed E-state index contributed by atoms with van der Waals surface area (Å²) in [5, 5.41) is 0. The molecule has 0 N–H and O–H groups in total. The quantitative estimate of drug-likeness (QED) is 0.728. The van der Waals surface area contributed by atoms with Gasteiger partial charge in [-0.15, -0.1) is 0 Å². The summed E-state index contributed by atoms with van der Waals surface area (Å²) >= 11 is 3.52. The van der Waals surface area contributed by atoms with Gasteiger partial charge in [-0.05, 0) is 11.6 Å². The van der Waals surface area contributed by atoms with E-state index >= 15 is 0 Å². The van der Waals surface area contributed by atoms with Gasteiger partial charge in [-0.2, -0.15) is 0 Å². The van der Waals surface area contributed by atoms with Crippen LogP contribution in [0.4, 0.5) is 0 Å². The second-order valence-electron chi connectivity index (χ2n) is 4.33. The normalized spacial score (nSPS) is 12.8. The van der Waals surface area contributed by atoms with E-state index in [9.17, 15) is 0 Å². The molecule has 1 atom stereocenters. The van der Waals surface area contributed by atoms with Crippen LogP contribution >= 0.6 is 15.9 Å². The van der Waals surface area contributed by atoms with Gasteiger partial charge in [0.2, 0.25) is 0 Å². The lowest BCUT2D eigenvalue weighted by Crippen LogP contribution is -1.98. The molecule has 0 heterocycles. The van der Waals surface area contributed by atoms with Crippen molar-refractivity contribution >= 4 is 22.1 Å². The standard InChI is InChI=1S/C16H16BrN/c1-13(14-7-3-2-4-8-14)11-18-12-15-9-5-6-10-16(15)17/h2-10,12-13H,11H2,1H3/t13-/m1/s1. The lowest BCUT2D eigenvalue weighted by molar-refractivity contribution is 0.778. The third kappa shape index (κ3) is 3.54. The predicted octanol–water partition coefficient (Wildman–Crippen LogP) is 4.67. The van der Waals surface area contributed by atoms with Crippen LogP contribution in [0.25, 0.3) is 0 Å². The van der Waals surface area contributed by atoms with Crippen molar-refractivity contribution in [1.82, 2.24) is 0 Å². The fourth-order valence-electron chi connectivity index (χ4n) is 1.78. The molecule has 1 nitrogen and oxygen atoms in total. The van der Waals surface area contributed by atoms with Crippen molar-refractivity contribution < 1.29 is 0 Å². The fraction of sp³-hybridized carbons (Fsp3) is 0.188. The molecular weight excluding hydrogens is 286 g/mol. The molecule has 0 unspecified atom stereocenters. The molecule has 0 aliphatic rings. The van der Waals surface area contributed by atoms with Gasteiger partial charge in [0.25, 0.3) is 0 Å². The van der Waals surface area contributed by atoms with E-state index in [0.717, 1.165) is 16.6 Å². The van der Waals surface area contributed by atoms with Crippen molar-refractivity contribution in [3.8, 4) is 0 Å². The number of halogens is 1. The maximum Gasteiger partial charge on any atom is 0.0455 e. The van der Waals surface area contributed by atoms with Crippen LogP contribution < -0.4 is 0 Å². The molecule has 0 aliphatic carbocycles. The molecular formula is C16H16BrN. The van der Waals surface area contributed by atoms with Gasteiger partial charge in [-0.25, -0.2) is 0 Å². The second-order valence-corrected chi connectivity index (χ2v) is 5.18. The van der Waals surface area contributed by atoms with Crippen LogP contribution in [0.2, 0.25) is 0 Å². The predicted molar refractivity (Wildman–Crippen MR) is 81.5 cm³/mol. The van der Waals surface area contributed by atoms with Crippen LogP contribution in [0.15, 0.2) is 64.1 Å². The zero-order valence-electron chi connectivity index (χ0n) is 10.4. The van der Waals surface area contributed by atoms with Gasteiger partial charge in [0.15, 0.2) is 0 Å². The summed E-state index contributed by atoms with van der Waals surface area (Å²) in [6, 6.07) is 18.6. The summed E-state index contributed by atoms with van der Waals surface area (Å²) < 4.78 is 1.08. The first kappa shape index (κ1) is 13.0. The number of rotatable bonds is 4. The highest BCUT2D eigenvalue weighted by molar-refractivity contribution is 9.10. The summed E-state index contributed by atoms with van der Waals surface area (Å²) in [4.78, 5) is 4.52. The molecule has 0 bridgehead atoms. The first-order chi connectivity index (χ1) is 8.77. The molecule has 0 radical (unpaired) electrons. The second kappa shape index (κ2) is 6.50. The summed E-state index contributed by atoms with van der Waals surface area (Å²) in [6.07, 6.45) is 1.93. The molecule has 2 heteroatoms. The Labute approximate surface area is 117 Å². The Bertz CT molecular complexity index is 520. The largest absolute Gasteiger partial charge is 0.292 e. The monoisotopic (exact) mass is 301 g/mol. The molecule has 0 fully saturated rings. The minimum Gasteiger partial charge on any atom is -0.292 e. The molecule has 18 heavy (non-hydrogen) atoms. The van der Waals surface area contributed by atoms with E-state index in [4.69, 9.17) is 0 Å². The maximum atomic E-state index is 4.52. The number of hydrogen-bond acceptors (Lipinski definition) is 1. The molecule has 2 aromatic rings. The summed E-state index contributed by atoms with van der Waals surface area (Å²) in [6.45, 7) is 3.01. The smallest absolute Gasteiger partial charge is 0.0455 e. The van der Waals surface area contributed by atoms with E-state index in [2.05, 4.69) is 58.2 Å². The molecule has 2 rings (SSSR count). The highest BCUT2D eigenvalue weighted by Gasteiger charge is 2.02. The van der Waals surface area contributed by atoms with Crippen LogP contribution in [-0.4, -0.2) is 12.8 Å². The fourth-order valence-corrected chi connectivity index (χ4v) is 2.16. The molecule has 0 saturated heterocycles. The SMILES string of the molecule is C[C@H](CN=Cc1ccccc1Br)c1ccccc1. The molecule has 0 spiro atoms. The number of aliphatic imine (C=N–C) groups is 1. The van der Waals surface area contributed by atoms with Crippen molar-refractivity contribution in [2.75, 3.05) is 6.54 Å². The molecule has 0 aliphatic heterocycles. The minimum absolute atomic E-state index is 0.449. The average Bonchev–Trinajstić information content (AvgIpc) is 2.42. The van der Waals surface area contributed by atoms with E-state index in [-0.39, 0.29) is 0 Å². The van der Waals surface area contributed by atoms with Crippen molar-refractivity contribution in [3.63, 3.8) is 0 Å². The molecule has 92 valence electrons. The Morgan fingerprint density at radius 1 is 1.06 bits per heavy atom. The zero-order chi connectivity index (χ0) is 12.8.